The van der Waals surface area contributed by atoms with E-state index in [-0.39, 0.29) is 12.0 Å². The van der Waals surface area contributed by atoms with Gasteiger partial charge in [0.05, 0.1) is 6.61 Å². The van der Waals surface area contributed by atoms with Gasteiger partial charge in [-0.1, -0.05) is 6.07 Å². The maximum atomic E-state index is 9.79. The van der Waals surface area contributed by atoms with Crippen LogP contribution in [0.1, 0.15) is 31.4 Å². The standard InChI is InChI=1S/C17H26N2O2/c20-13-17(6-9-21-10-7-17)12-19-16(14-4-5-14)11-15-3-1-2-8-18-15/h1-3,8,14,16,19-20H,4-7,9-13H2. The lowest BCUT2D eigenvalue weighted by Gasteiger charge is -2.37. The van der Waals surface area contributed by atoms with E-state index in [0.717, 1.165) is 50.6 Å². The maximum Gasteiger partial charge on any atom is 0.0501 e. The number of nitrogens with one attached hydrogen (secondary N) is 1. The van der Waals surface area contributed by atoms with Gasteiger partial charge in [-0.2, -0.15) is 0 Å². The first kappa shape index (κ1) is 14.9. The summed E-state index contributed by atoms with van der Waals surface area (Å²) in [4.78, 5) is 4.45. The predicted octanol–water partition coefficient (Wildman–Crippen LogP) is 1.78. The molecule has 2 N–H and O–H groups in total. The Bertz CT molecular complexity index is 428. The molecule has 0 radical (unpaired) electrons. The molecule has 1 aliphatic carbocycles. The summed E-state index contributed by atoms with van der Waals surface area (Å²) in [5.41, 5.74) is 1.17. The normalized spacial score (nSPS) is 22.9. The molecule has 0 bridgehead atoms. The number of ether oxygens (including phenoxy) is 1. The number of aliphatic hydroxyl groups excluding tert-OH is 1. The number of aliphatic hydroxyl groups is 1. The molecule has 1 atom stereocenters. The highest BCUT2D eigenvalue weighted by Crippen LogP contribution is 2.35. The lowest BCUT2D eigenvalue weighted by Crippen LogP contribution is -2.46. The van der Waals surface area contributed by atoms with Crippen molar-refractivity contribution in [2.45, 2.75) is 38.1 Å². The minimum absolute atomic E-state index is 0.00943. The average molecular weight is 290 g/mol. The number of aromatic nitrogens is 1. The number of rotatable bonds is 7. The summed E-state index contributed by atoms with van der Waals surface area (Å²) in [6.45, 7) is 2.69. The summed E-state index contributed by atoms with van der Waals surface area (Å²) in [6, 6.07) is 6.62. The van der Waals surface area contributed by atoms with E-state index in [9.17, 15) is 5.11 Å². The molecule has 2 heterocycles. The Kier molecular flexibility index (Phi) is 4.88. The van der Waals surface area contributed by atoms with E-state index in [0.29, 0.717) is 6.04 Å². The maximum absolute atomic E-state index is 9.79. The van der Waals surface area contributed by atoms with Gasteiger partial charge in [-0.05, 0) is 43.7 Å². The SMILES string of the molecule is OCC1(CNC(Cc2ccccn2)C2CC2)CCOCC1. The third-order valence-electron chi connectivity index (χ3n) is 4.97. The highest BCUT2D eigenvalue weighted by molar-refractivity contribution is 5.07. The lowest BCUT2D eigenvalue weighted by atomic mass is 9.80. The lowest BCUT2D eigenvalue weighted by molar-refractivity contribution is -0.0168. The highest BCUT2D eigenvalue weighted by Gasteiger charge is 2.36. The van der Waals surface area contributed by atoms with Crippen LogP contribution in [0.2, 0.25) is 0 Å². The molecule has 2 aliphatic rings. The second-order valence-corrected chi connectivity index (χ2v) is 6.62. The Morgan fingerprint density at radius 3 is 2.76 bits per heavy atom. The minimum Gasteiger partial charge on any atom is -0.396 e. The second kappa shape index (κ2) is 6.86. The molecular weight excluding hydrogens is 264 g/mol. The van der Waals surface area contributed by atoms with Crippen molar-refractivity contribution in [2.75, 3.05) is 26.4 Å². The fraction of sp³-hybridized carbons (Fsp3) is 0.706. The number of nitrogens with zero attached hydrogens (tertiary/aromatic N) is 1. The number of hydrogen-bond acceptors (Lipinski definition) is 4. The Morgan fingerprint density at radius 1 is 1.33 bits per heavy atom. The molecule has 21 heavy (non-hydrogen) atoms. The Morgan fingerprint density at radius 2 is 2.14 bits per heavy atom. The Labute approximate surface area is 126 Å². The van der Waals surface area contributed by atoms with Gasteiger partial charge >= 0.3 is 0 Å². The van der Waals surface area contributed by atoms with Crippen LogP contribution in [0, 0.1) is 11.3 Å². The molecule has 2 fully saturated rings. The van der Waals surface area contributed by atoms with Crippen molar-refractivity contribution in [3.63, 3.8) is 0 Å². The van der Waals surface area contributed by atoms with Crippen molar-refractivity contribution in [3.8, 4) is 0 Å². The quantitative estimate of drug-likeness (QED) is 0.804. The van der Waals surface area contributed by atoms with Crippen LogP contribution in [-0.2, 0) is 11.2 Å². The van der Waals surface area contributed by atoms with Gasteiger partial charge in [-0.3, -0.25) is 4.98 Å². The molecule has 4 nitrogen and oxygen atoms in total. The van der Waals surface area contributed by atoms with Crippen molar-refractivity contribution in [3.05, 3.63) is 30.1 Å². The van der Waals surface area contributed by atoms with Crippen LogP contribution in [0.25, 0.3) is 0 Å². The molecule has 0 aromatic carbocycles. The van der Waals surface area contributed by atoms with Crippen LogP contribution in [0.5, 0.6) is 0 Å². The summed E-state index contributed by atoms with van der Waals surface area (Å²) in [7, 11) is 0. The third-order valence-corrected chi connectivity index (χ3v) is 4.97. The molecule has 0 spiro atoms. The molecule has 1 saturated carbocycles. The van der Waals surface area contributed by atoms with E-state index in [1.54, 1.807) is 0 Å². The summed E-state index contributed by atoms with van der Waals surface area (Å²) < 4.78 is 5.44. The molecule has 3 rings (SSSR count). The first-order valence-corrected chi connectivity index (χ1v) is 8.13. The molecule has 1 saturated heterocycles. The van der Waals surface area contributed by atoms with Crippen LogP contribution in [0.15, 0.2) is 24.4 Å². The smallest absolute Gasteiger partial charge is 0.0501 e. The summed E-state index contributed by atoms with van der Waals surface area (Å²) in [5.74, 6) is 0.780. The Balaban J connectivity index is 1.57. The molecular formula is C17H26N2O2. The molecule has 116 valence electrons. The Hall–Kier alpha value is -0.970. The summed E-state index contributed by atoms with van der Waals surface area (Å²) >= 11 is 0. The van der Waals surface area contributed by atoms with Gasteiger partial charge < -0.3 is 15.2 Å². The monoisotopic (exact) mass is 290 g/mol. The minimum atomic E-state index is 0.00943. The highest BCUT2D eigenvalue weighted by atomic mass is 16.5. The van der Waals surface area contributed by atoms with E-state index in [1.807, 2.05) is 12.3 Å². The van der Waals surface area contributed by atoms with Gasteiger partial charge in [-0.15, -0.1) is 0 Å². The summed E-state index contributed by atoms with van der Waals surface area (Å²) in [5, 5.41) is 13.5. The van der Waals surface area contributed by atoms with Crippen molar-refractivity contribution < 1.29 is 9.84 Å². The van der Waals surface area contributed by atoms with Gasteiger partial charge in [0.15, 0.2) is 0 Å². The number of hydrogen-bond donors (Lipinski definition) is 2. The van der Waals surface area contributed by atoms with Crippen LogP contribution in [0.4, 0.5) is 0 Å². The fourth-order valence-electron chi connectivity index (χ4n) is 3.19. The predicted molar refractivity (Wildman–Crippen MR) is 82.0 cm³/mol. The first-order valence-electron chi connectivity index (χ1n) is 8.13. The van der Waals surface area contributed by atoms with Crippen LogP contribution in [-0.4, -0.2) is 42.5 Å². The first-order chi connectivity index (χ1) is 10.3. The topological polar surface area (TPSA) is 54.4 Å². The molecule has 1 aliphatic heterocycles. The molecule has 0 amide bonds. The zero-order valence-corrected chi connectivity index (χ0v) is 12.6. The zero-order chi connectivity index (χ0) is 14.5. The average Bonchev–Trinajstić information content (AvgIpc) is 3.38. The zero-order valence-electron chi connectivity index (χ0n) is 12.6. The van der Waals surface area contributed by atoms with E-state index in [4.69, 9.17) is 4.74 Å². The number of pyridine rings is 1. The van der Waals surface area contributed by atoms with E-state index in [1.165, 1.54) is 12.8 Å². The molecule has 1 unspecified atom stereocenters. The van der Waals surface area contributed by atoms with Gasteiger partial charge in [0.25, 0.3) is 0 Å². The molecule has 1 aromatic rings. The van der Waals surface area contributed by atoms with Crippen molar-refractivity contribution >= 4 is 0 Å². The van der Waals surface area contributed by atoms with Gasteiger partial charge in [0, 0.05) is 49.5 Å². The van der Waals surface area contributed by atoms with Crippen molar-refractivity contribution in [1.29, 1.82) is 0 Å². The van der Waals surface area contributed by atoms with E-state index < -0.39 is 0 Å². The third kappa shape index (κ3) is 4.02. The van der Waals surface area contributed by atoms with Crippen LogP contribution >= 0.6 is 0 Å². The summed E-state index contributed by atoms with van der Waals surface area (Å²) in [6.07, 6.45) is 7.41. The van der Waals surface area contributed by atoms with E-state index >= 15 is 0 Å². The van der Waals surface area contributed by atoms with E-state index in [2.05, 4.69) is 22.4 Å². The van der Waals surface area contributed by atoms with Crippen LogP contribution in [0.3, 0.4) is 0 Å². The van der Waals surface area contributed by atoms with Crippen LogP contribution < -0.4 is 5.32 Å². The molecule has 1 aromatic heterocycles. The van der Waals surface area contributed by atoms with Crippen molar-refractivity contribution in [2.24, 2.45) is 11.3 Å². The second-order valence-electron chi connectivity index (χ2n) is 6.62. The van der Waals surface area contributed by atoms with Gasteiger partial charge in [0.2, 0.25) is 0 Å². The fourth-order valence-corrected chi connectivity index (χ4v) is 3.19. The van der Waals surface area contributed by atoms with Gasteiger partial charge in [-0.25, -0.2) is 0 Å². The largest absolute Gasteiger partial charge is 0.396 e. The molecule has 4 heteroatoms. The van der Waals surface area contributed by atoms with Crippen molar-refractivity contribution in [1.82, 2.24) is 10.3 Å². The van der Waals surface area contributed by atoms with Gasteiger partial charge in [0.1, 0.15) is 0 Å².